The molecule has 2 heteroatoms. The molecule has 1 unspecified atom stereocenters. The van der Waals surface area contributed by atoms with Crippen LogP contribution in [0.3, 0.4) is 0 Å². The monoisotopic (exact) mass is 426 g/mol. The van der Waals surface area contributed by atoms with Crippen molar-refractivity contribution < 1.29 is 9.47 Å². The highest BCUT2D eigenvalue weighted by atomic mass is 16.5. The van der Waals surface area contributed by atoms with E-state index in [9.17, 15) is 0 Å². The molecule has 0 aliphatic rings. The average Bonchev–Trinajstić information content (AvgIpc) is 2.76. The van der Waals surface area contributed by atoms with E-state index in [4.69, 9.17) is 9.47 Å². The summed E-state index contributed by atoms with van der Waals surface area (Å²) in [7, 11) is 0. The van der Waals surface area contributed by atoms with Crippen LogP contribution in [0.4, 0.5) is 0 Å². The molecule has 0 spiro atoms. The van der Waals surface area contributed by atoms with E-state index >= 15 is 0 Å². The molecular formula is C28H58O2. The molecule has 0 saturated heterocycles. The number of unbranched alkanes of at least 4 members (excludes halogenated alkanes) is 16. The molecule has 0 aromatic carbocycles. The summed E-state index contributed by atoms with van der Waals surface area (Å²) in [5.74, 6) is 0. The Morgan fingerprint density at radius 1 is 0.433 bits per heavy atom. The van der Waals surface area contributed by atoms with Crippen LogP contribution in [-0.4, -0.2) is 26.4 Å². The SMILES string of the molecule is CCCCCCCCCCCCOCC(C)(CC)COCCCCCCCCCC. The maximum Gasteiger partial charge on any atom is 0.0541 e. The zero-order chi connectivity index (χ0) is 22.2. The minimum Gasteiger partial charge on any atom is -0.381 e. The van der Waals surface area contributed by atoms with Gasteiger partial charge >= 0.3 is 0 Å². The summed E-state index contributed by atoms with van der Waals surface area (Å²) in [4.78, 5) is 0. The molecule has 182 valence electrons. The fourth-order valence-corrected chi connectivity index (χ4v) is 3.91. The third-order valence-electron chi connectivity index (χ3n) is 6.54. The second-order valence-corrected chi connectivity index (χ2v) is 9.93. The zero-order valence-electron chi connectivity index (χ0n) is 21.6. The first-order valence-corrected chi connectivity index (χ1v) is 13.8. The Labute approximate surface area is 191 Å². The van der Waals surface area contributed by atoms with Gasteiger partial charge in [-0.3, -0.25) is 0 Å². The van der Waals surface area contributed by atoms with Gasteiger partial charge in [0.1, 0.15) is 0 Å². The van der Waals surface area contributed by atoms with E-state index in [1.165, 1.54) is 116 Å². The fourth-order valence-electron chi connectivity index (χ4n) is 3.91. The Morgan fingerprint density at radius 2 is 0.733 bits per heavy atom. The van der Waals surface area contributed by atoms with Crippen LogP contribution in [0.2, 0.25) is 0 Å². The van der Waals surface area contributed by atoms with Gasteiger partial charge in [0, 0.05) is 18.6 Å². The van der Waals surface area contributed by atoms with Crippen molar-refractivity contribution in [1.82, 2.24) is 0 Å². The van der Waals surface area contributed by atoms with Crippen molar-refractivity contribution in [2.45, 2.75) is 150 Å². The van der Waals surface area contributed by atoms with Gasteiger partial charge in [-0.2, -0.15) is 0 Å². The van der Waals surface area contributed by atoms with E-state index in [2.05, 4.69) is 27.7 Å². The lowest BCUT2D eigenvalue weighted by Crippen LogP contribution is -2.29. The van der Waals surface area contributed by atoms with E-state index < -0.39 is 0 Å². The van der Waals surface area contributed by atoms with Gasteiger partial charge in [0.2, 0.25) is 0 Å². The van der Waals surface area contributed by atoms with E-state index in [1.54, 1.807) is 0 Å². The first kappa shape index (κ1) is 29.9. The van der Waals surface area contributed by atoms with Crippen LogP contribution in [0.1, 0.15) is 150 Å². The Bertz CT molecular complexity index is 318. The summed E-state index contributed by atoms with van der Waals surface area (Å²) in [5.41, 5.74) is 0.179. The van der Waals surface area contributed by atoms with Crippen LogP contribution >= 0.6 is 0 Å². The van der Waals surface area contributed by atoms with Crippen LogP contribution < -0.4 is 0 Å². The molecule has 0 aromatic rings. The van der Waals surface area contributed by atoms with Gasteiger partial charge in [0.25, 0.3) is 0 Å². The maximum atomic E-state index is 6.02. The van der Waals surface area contributed by atoms with Gasteiger partial charge in [0.15, 0.2) is 0 Å². The lowest BCUT2D eigenvalue weighted by atomic mass is 9.90. The van der Waals surface area contributed by atoms with Crippen molar-refractivity contribution in [3.63, 3.8) is 0 Å². The van der Waals surface area contributed by atoms with Gasteiger partial charge in [-0.25, -0.2) is 0 Å². The minimum absolute atomic E-state index is 0.179. The number of hydrogen-bond donors (Lipinski definition) is 0. The molecule has 0 radical (unpaired) electrons. The van der Waals surface area contributed by atoms with Crippen LogP contribution in [0.15, 0.2) is 0 Å². The summed E-state index contributed by atoms with van der Waals surface area (Å²) in [6.45, 7) is 12.7. The molecular weight excluding hydrogens is 368 g/mol. The van der Waals surface area contributed by atoms with Gasteiger partial charge in [-0.15, -0.1) is 0 Å². The van der Waals surface area contributed by atoms with E-state index in [-0.39, 0.29) is 5.41 Å². The van der Waals surface area contributed by atoms with Crippen LogP contribution in [0, 0.1) is 5.41 Å². The predicted octanol–water partition coefficient (Wildman–Crippen LogP) is 9.50. The maximum absolute atomic E-state index is 6.02. The molecule has 0 rings (SSSR count). The minimum atomic E-state index is 0.179. The Morgan fingerprint density at radius 3 is 1.03 bits per heavy atom. The Kier molecular flexibility index (Phi) is 23.5. The van der Waals surface area contributed by atoms with Crippen molar-refractivity contribution in [3.8, 4) is 0 Å². The molecule has 0 bridgehead atoms. The molecule has 0 aromatic heterocycles. The van der Waals surface area contributed by atoms with E-state index in [0.717, 1.165) is 32.8 Å². The summed E-state index contributed by atoms with van der Waals surface area (Å²) < 4.78 is 12.0. The molecule has 0 fully saturated rings. The highest BCUT2D eigenvalue weighted by Gasteiger charge is 2.22. The molecule has 2 nitrogen and oxygen atoms in total. The summed E-state index contributed by atoms with van der Waals surface area (Å²) in [6, 6.07) is 0. The van der Waals surface area contributed by atoms with E-state index in [1.807, 2.05) is 0 Å². The summed E-state index contributed by atoms with van der Waals surface area (Å²) >= 11 is 0. The second kappa shape index (κ2) is 23.6. The number of rotatable bonds is 25. The average molecular weight is 427 g/mol. The standard InChI is InChI=1S/C28H58O2/c1-5-8-10-12-14-16-17-19-21-23-25-30-27-28(4,7-3)26-29-24-22-20-18-15-13-11-9-6-2/h5-27H2,1-4H3. The normalized spacial score (nSPS) is 13.6. The van der Waals surface area contributed by atoms with Crippen molar-refractivity contribution >= 4 is 0 Å². The van der Waals surface area contributed by atoms with Crippen LogP contribution in [-0.2, 0) is 9.47 Å². The molecule has 30 heavy (non-hydrogen) atoms. The number of ether oxygens (including phenoxy) is 2. The molecule has 0 amide bonds. The highest BCUT2D eigenvalue weighted by Crippen LogP contribution is 2.22. The Hall–Kier alpha value is -0.0800. The fraction of sp³-hybridized carbons (Fsp3) is 1.00. The lowest BCUT2D eigenvalue weighted by molar-refractivity contribution is -0.0166. The van der Waals surface area contributed by atoms with Gasteiger partial charge in [-0.1, -0.05) is 130 Å². The Balaban J connectivity index is 3.45. The number of hydrogen-bond acceptors (Lipinski definition) is 2. The van der Waals surface area contributed by atoms with Gasteiger partial charge in [0.05, 0.1) is 13.2 Å². The summed E-state index contributed by atoms with van der Waals surface area (Å²) in [6.07, 6.45) is 25.8. The van der Waals surface area contributed by atoms with Crippen molar-refractivity contribution in [3.05, 3.63) is 0 Å². The quantitative estimate of drug-likeness (QED) is 0.135. The van der Waals surface area contributed by atoms with Crippen molar-refractivity contribution in [1.29, 1.82) is 0 Å². The third kappa shape index (κ3) is 21.2. The predicted molar refractivity (Wildman–Crippen MR) is 134 cm³/mol. The lowest BCUT2D eigenvalue weighted by Gasteiger charge is -2.27. The topological polar surface area (TPSA) is 18.5 Å². The van der Waals surface area contributed by atoms with Crippen LogP contribution in [0.25, 0.3) is 0 Å². The van der Waals surface area contributed by atoms with Gasteiger partial charge < -0.3 is 9.47 Å². The van der Waals surface area contributed by atoms with Crippen molar-refractivity contribution in [2.24, 2.45) is 5.41 Å². The second-order valence-electron chi connectivity index (χ2n) is 9.93. The molecule has 0 saturated carbocycles. The van der Waals surface area contributed by atoms with E-state index in [0.29, 0.717) is 0 Å². The largest absolute Gasteiger partial charge is 0.381 e. The first-order valence-electron chi connectivity index (χ1n) is 13.8. The van der Waals surface area contributed by atoms with Crippen LogP contribution in [0.5, 0.6) is 0 Å². The first-order chi connectivity index (χ1) is 14.7. The summed E-state index contributed by atoms with van der Waals surface area (Å²) in [5, 5.41) is 0. The molecule has 1 atom stereocenters. The van der Waals surface area contributed by atoms with Crippen molar-refractivity contribution in [2.75, 3.05) is 26.4 Å². The highest BCUT2D eigenvalue weighted by molar-refractivity contribution is 4.71. The molecule has 0 aliphatic heterocycles. The molecule has 0 N–H and O–H groups in total. The third-order valence-corrected chi connectivity index (χ3v) is 6.54. The molecule has 0 heterocycles. The molecule has 0 aliphatic carbocycles. The van der Waals surface area contributed by atoms with Gasteiger partial charge in [-0.05, 0) is 19.3 Å². The smallest absolute Gasteiger partial charge is 0.0541 e. The zero-order valence-corrected chi connectivity index (χ0v) is 21.6.